The van der Waals surface area contributed by atoms with Crippen LogP contribution < -0.4 is 14.4 Å². The number of amides is 1. The van der Waals surface area contributed by atoms with Crippen molar-refractivity contribution in [2.75, 3.05) is 24.9 Å². The Bertz CT molecular complexity index is 720. The molecular formula is C17H16ClNO3S. The number of ether oxygens (including phenoxy) is 2. The molecule has 1 unspecified atom stereocenters. The van der Waals surface area contributed by atoms with Crippen molar-refractivity contribution in [1.82, 2.24) is 0 Å². The Balaban J connectivity index is 1.94. The standard InChI is InChI=1S/C17H16ClNO3S/c1-21-13-6-3-11(4-7-13)17-19(16(20)10-23-17)12-5-8-15(22-2)14(18)9-12/h3-9,17H,10H2,1-2H3. The maximum Gasteiger partial charge on any atom is 0.238 e. The van der Waals surface area contributed by atoms with Crippen molar-refractivity contribution in [2.24, 2.45) is 0 Å². The third-order valence-electron chi connectivity index (χ3n) is 3.68. The Kier molecular flexibility index (Phi) is 4.68. The number of nitrogens with zero attached hydrogens (tertiary/aromatic N) is 1. The number of anilines is 1. The maximum absolute atomic E-state index is 12.4. The van der Waals surface area contributed by atoms with E-state index in [4.69, 9.17) is 21.1 Å². The molecule has 1 fully saturated rings. The highest BCUT2D eigenvalue weighted by Crippen LogP contribution is 2.43. The molecule has 120 valence electrons. The normalized spacial score (nSPS) is 17.4. The van der Waals surface area contributed by atoms with Gasteiger partial charge in [-0.2, -0.15) is 0 Å². The Hall–Kier alpha value is -1.85. The highest BCUT2D eigenvalue weighted by molar-refractivity contribution is 8.00. The lowest BCUT2D eigenvalue weighted by molar-refractivity contribution is -0.115. The first-order valence-corrected chi connectivity index (χ1v) is 8.48. The lowest BCUT2D eigenvalue weighted by atomic mass is 10.1. The highest BCUT2D eigenvalue weighted by atomic mass is 35.5. The van der Waals surface area contributed by atoms with E-state index in [0.717, 1.165) is 17.0 Å². The molecule has 1 aliphatic rings. The largest absolute Gasteiger partial charge is 0.497 e. The Morgan fingerprint density at radius 3 is 2.48 bits per heavy atom. The van der Waals surface area contributed by atoms with E-state index in [9.17, 15) is 4.79 Å². The number of benzene rings is 2. The molecule has 4 nitrogen and oxygen atoms in total. The van der Waals surface area contributed by atoms with E-state index in [1.807, 2.05) is 30.3 Å². The summed E-state index contributed by atoms with van der Waals surface area (Å²) in [6, 6.07) is 13.2. The summed E-state index contributed by atoms with van der Waals surface area (Å²) in [6.07, 6.45) is 0. The number of carbonyl (C=O) groups is 1. The van der Waals surface area contributed by atoms with Gasteiger partial charge in [-0.15, -0.1) is 11.8 Å². The SMILES string of the molecule is COc1ccc(C2SCC(=O)N2c2ccc(OC)c(Cl)c2)cc1. The molecule has 0 aliphatic carbocycles. The van der Waals surface area contributed by atoms with Gasteiger partial charge in [0.25, 0.3) is 0 Å². The third-order valence-corrected chi connectivity index (χ3v) is 5.19. The van der Waals surface area contributed by atoms with Crippen LogP contribution in [0.1, 0.15) is 10.9 Å². The second-order valence-corrected chi connectivity index (χ2v) is 6.49. The van der Waals surface area contributed by atoms with Crippen LogP contribution in [0.15, 0.2) is 42.5 Å². The van der Waals surface area contributed by atoms with Crippen molar-refractivity contribution in [3.05, 3.63) is 53.1 Å². The zero-order valence-corrected chi connectivity index (χ0v) is 14.4. The van der Waals surface area contributed by atoms with Crippen molar-refractivity contribution in [1.29, 1.82) is 0 Å². The quantitative estimate of drug-likeness (QED) is 0.831. The summed E-state index contributed by atoms with van der Waals surface area (Å²) in [4.78, 5) is 14.1. The van der Waals surface area contributed by atoms with Gasteiger partial charge in [0, 0.05) is 5.69 Å². The fourth-order valence-corrected chi connectivity index (χ4v) is 3.95. The molecule has 2 aromatic carbocycles. The van der Waals surface area contributed by atoms with Gasteiger partial charge in [-0.3, -0.25) is 9.69 Å². The Morgan fingerprint density at radius 1 is 1.13 bits per heavy atom. The molecule has 0 aromatic heterocycles. The molecule has 1 aliphatic heterocycles. The summed E-state index contributed by atoms with van der Waals surface area (Å²) < 4.78 is 10.4. The fraction of sp³-hybridized carbons (Fsp3) is 0.235. The third kappa shape index (κ3) is 3.12. The summed E-state index contributed by atoms with van der Waals surface area (Å²) in [5.74, 6) is 1.90. The first kappa shape index (κ1) is 16.0. The predicted octanol–water partition coefficient (Wildman–Crippen LogP) is 4.14. The van der Waals surface area contributed by atoms with Gasteiger partial charge in [0.15, 0.2) is 0 Å². The van der Waals surface area contributed by atoms with Crippen molar-refractivity contribution in [3.63, 3.8) is 0 Å². The average Bonchev–Trinajstić information content (AvgIpc) is 2.96. The van der Waals surface area contributed by atoms with Crippen molar-refractivity contribution >= 4 is 35.0 Å². The minimum absolute atomic E-state index is 0.0667. The number of hydrogen-bond donors (Lipinski definition) is 0. The molecule has 1 heterocycles. The van der Waals surface area contributed by atoms with E-state index < -0.39 is 0 Å². The molecule has 0 bridgehead atoms. The number of carbonyl (C=O) groups excluding carboxylic acids is 1. The highest BCUT2D eigenvalue weighted by Gasteiger charge is 2.34. The molecule has 6 heteroatoms. The molecule has 0 spiro atoms. The molecule has 1 atom stereocenters. The molecule has 23 heavy (non-hydrogen) atoms. The summed E-state index contributed by atoms with van der Waals surface area (Å²) in [7, 11) is 3.20. The average molecular weight is 350 g/mol. The van der Waals surface area contributed by atoms with E-state index in [1.165, 1.54) is 0 Å². The fourth-order valence-electron chi connectivity index (χ4n) is 2.52. The van der Waals surface area contributed by atoms with Crippen LogP contribution in [0.5, 0.6) is 11.5 Å². The van der Waals surface area contributed by atoms with Crippen LogP contribution in [0.2, 0.25) is 5.02 Å². The van der Waals surface area contributed by atoms with Crippen molar-refractivity contribution in [3.8, 4) is 11.5 Å². The Morgan fingerprint density at radius 2 is 1.87 bits per heavy atom. The molecule has 0 radical (unpaired) electrons. The van der Waals surface area contributed by atoms with E-state index in [0.29, 0.717) is 16.5 Å². The smallest absolute Gasteiger partial charge is 0.238 e. The van der Waals surface area contributed by atoms with Crippen LogP contribution in [0, 0.1) is 0 Å². The van der Waals surface area contributed by atoms with Gasteiger partial charge in [0.1, 0.15) is 16.9 Å². The second-order valence-electron chi connectivity index (χ2n) is 5.02. The van der Waals surface area contributed by atoms with E-state index >= 15 is 0 Å². The monoisotopic (exact) mass is 349 g/mol. The van der Waals surface area contributed by atoms with Gasteiger partial charge < -0.3 is 9.47 Å². The summed E-state index contributed by atoms with van der Waals surface area (Å²) >= 11 is 7.80. The Labute approximate surface area is 144 Å². The second kappa shape index (κ2) is 6.72. The van der Waals surface area contributed by atoms with E-state index in [2.05, 4.69) is 0 Å². The van der Waals surface area contributed by atoms with E-state index in [1.54, 1.807) is 43.0 Å². The van der Waals surface area contributed by atoms with Crippen LogP contribution >= 0.6 is 23.4 Å². The van der Waals surface area contributed by atoms with Gasteiger partial charge in [0.05, 0.1) is 25.0 Å². The zero-order valence-electron chi connectivity index (χ0n) is 12.8. The minimum Gasteiger partial charge on any atom is -0.497 e. The molecule has 0 saturated carbocycles. The molecule has 1 amide bonds. The molecule has 3 rings (SSSR count). The molecule has 2 aromatic rings. The van der Waals surface area contributed by atoms with Crippen LogP contribution in [0.25, 0.3) is 0 Å². The molecule has 1 saturated heterocycles. The van der Waals surface area contributed by atoms with Crippen LogP contribution in [0.4, 0.5) is 5.69 Å². The minimum atomic E-state index is -0.0714. The van der Waals surface area contributed by atoms with Gasteiger partial charge in [-0.1, -0.05) is 23.7 Å². The lowest BCUT2D eigenvalue weighted by Gasteiger charge is -2.25. The topological polar surface area (TPSA) is 38.8 Å². The van der Waals surface area contributed by atoms with Crippen molar-refractivity contribution in [2.45, 2.75) is 5.37 Å². The maximum atomic E-state index is 12.4. The number of methoxy groups -OCH3 is 2. The molecule has 0 N–H and O–H groups in total. The van der Waals surface area contributed by atoms with Crippen LogP contribution in [-0.4, -0.2) is 25.9 Å². The van der Waals surface area contributed by atoms with Gasteiger partial charge >= 0.3 is 0 Å². The summed E-state index contributed by atoms with van der Waals surface area (Å²) in [6.45, 7) is 0. The van der Waals surface area contributed by atoms with Gasteiger partial charge in [-0.05, 0) is 35.9 Å². The summed E-state index contributed by atoms with van der Waals surface area (Å²) in [5.41, 5.74) is 1.82. The van der Waals surface area contributed by atoms with Gasteiger partial charge in [-0.25, -0.2) is 0 Å². The first-order valence-electron chi connectivity index (χ1n) is 7.05. The summed E-state index contributed by atoms with van der Waals surface area (Å²) in [5, 5.41) is 0.418. The number of hydrogen-bond acceptors (Lipinski definition) is 4. The predicted molar refractivity (Wildman–Crippen MR) is 93.7 cm³/mol. The van der Waals surface area contributed by atoms with E-state index in [-0.39, 0.29) is 11.3 Å². The number of halogens is 1. The van der Waals surface area contributed by atoms with Crippen LogP contribution in [-0.2, 0) is 4.79 Å². The number of thioether (sulfide) groups is 1. The number of rotatable bonds is 4. The lowest BCUT2D eigenvalue weighted by Crippen LogP contribution is -2.27. The van der Waals surface area contributed by atoms with Crippen LogP contribution in [0.3, 0.4) is 0 Å². The first-order chi connectivity index (χ1) is 11.1. The zero-order chi connectivity index (χ0) is 16.4. The van der Waals surface area contributed by atoms with Gasteiger partial charge in [0.2, 0.25) is 5.91 Å². The van der Waals surface area contributed by atoms with Crippen molar-refractivity contribution < 1.29 is 14.3 Å². The molecular weight excluding hydrogens is 334 g/mol.